The molecular formula is C51H61F8N11O8. The van der Waals surface area contributed by atoms with Crippen molar-refractivity contribution < 1.29 is 74.0 Å². The first kappa shape index (κ1) is 57.5. The number of hydrogen-bond acceptors (Lipinski definition) is 13. The molecule has 2 bridgehead atoms. The molecule has 19 nitrogen and oxygen atoms in total. The zero-order valence-corrected chi connectivity index (χ0v) is 43.2. The van der Waals surface area contributed by atoms with Crippen LogP contribution in [0.15, 0.2) is 61.1 Å². The van der Waals surface area contributed by atoms with Gasteiger partial charge >= 0.3 is 24.5 Å². The number of fused-ring (bicyclic) bond motifs is 2. The largest absolute Gasteiger partial charge is 0.465 e. The number of aliphatic hydroxyl groups is 1. The highest BCUT2D eigenvalue weighted by atomic mass is 19.4. The summed E-state index contributed by atoms with van der Waals surface area (Å²) in [5.41, 5.74) is -3.17. The lowest BCUT2D eigenvalue weighted by molar-refractivity contribution is -0.221. The highest BCUT2D eigenvalue weighted by Crippen LogP contribution is 2.42. The maximum Gasteiger partial charge on any atom is 0.407 e. The molecule has 78 heavy (non-hydrogen) atoms. The van der Waals surface area contributed by atoms with Crippen molar-refractivity contribution in [3.63, 3.8) is 0 Å². The lowest BCUT2D eigenvalue weighted by Crippen LogP contribution is -2.63. The first-order valence-corrected chi connectivity index (χ1v) is 25.2. The molecule has 5 heterocycles. The molecule has 0 spiro atoms. The lowest BCUT2D eigenvalue weighted by atomic mass is 9.82. The maximum absolute atomic E-state index is 16.2. The Bertz CT molecular complexity index is 2770. The predicted molar refractivity (Wildman–Crippen MR) is 263 cm³/mol. The smallest absolute Gasteiger partial charge is 0.407 e. The Morgan fingerprint density at radius 1 is 0.769 bits per heavy atom. The first-order valence-electron chi connectivity index (χ1n) is 25.2. The SMILES string of the molecule is COC(=O)NC(C(=O)NC(Cc1ccc(-c2cnc(N3CC4CCC(C3)N4C3COC3)nc2)cc1)C(O)CN(Cc1c(F)cc(-c2ccn(C3CC3)n2)cc1F)NC(=O)C(NC(=O)O)C(C)(C)C(F)(F)F)C(C)(C)C(F)(F)F. The number of nitrogens with one attached hydrogen (secondary N) is 4. The second-order valence-electron chi connectivity index (χ2n) is 21.4. The van der Waals surface area contributed by atoms with Crippen LogP contribution in [0.5, 0.6) is 0 Å². The van der Waals surface area contributed by atoms with E-state index >= 15 is 8.78 Å². The van der Waals surface area contributed by atoms with E-state index in [0.29, 0.717) is 73.5 Å². The molecule has 2 aromatic carbocycles. The molecule has 4 amide bonds. The second kappa shape index (κ2) is 22.6. The summed E-state index contributed by atoms with van der Waals surface area (Å²) in [7, 11) is 0.843. The number of methoxy groups -OCH3 is 1. The van der Waals surface area contributed by atoms with Crippen LogP contribution in [0.1, 0.15) is 70.5 Å². The van der Waals surface area contributed by atoms with E-state index in [-0.39, 0.29) is 17.3 Å². The number of ether oxygens (including phenoxy) is 2. The second-order valence-corrected chi connectivity index (χ2v) is 21.4. The molecule has 424 valence electrons. The minimum Gasteiger partial charge on any atom is -0.465 e. The van der Waals surface area contributed by atoms with Gasteiger partial charge in [0.15, 0.2) is 0 Å². The number of benzene rings is 2. The number of hydrazine groups is 1. The van der Waals surface area contributed by atoms with Crippen LogP contribution in [0, 0.1) is 22.5 Å². The fraction of sp³-hybridized carbons (Fsp3) is 0.549. The highest BCUT2D eigenvalue weighted by Gasteiger charge is 2.57. The van der Waals surface area contributed by atoms with Gasteiger partial charge in [-0.1, -0.05) is 24.3 Å². The zero-order valence-electron chi connectivity index (χ0n) is 43.2. The fourth-order valence-electron chi connectivity index (χ4n) is 9.99. The number of carbonyl (C=O) groups is 4. The summed E-state index contributed by atoms with van der Waals surface area (Å²) < 4.78 is 131. The lowest BCUT2D eigenvalue weighted by Gasteiger charge is -2.47. The zero-order chi connectivity index (χ0) is 56.6. The van der Waals surface area contributed by atoms with Crippen molar-refractivity contribution in [3.8, 4) is 22.4 Å². The molecule has 6 N–H and O–H groups in total. The van der Waals surface area contributed by atoms with Gasteiger partial charge in [-0.05, 0) is 89.1 Å². The summed E-state index contributed by atoms with van der Waals surface area (Å²) >= 11 is 0. The number of alkyl halides is 6. The summed E-state index contributed by atoms with van der Waals surface area (Å²) in [6.45, 7) is 3.14. The van der Waals surface area contributed by atoms with Gasteiger partial charge in [0, 0.05) is 73.5 Å². The van der Waals surface area contributed by atoms with Gasteiger partial charge in [-0.15, -0.1) is 0 Å². The van der Waals surface area contributed by atoms with Crippen LogP contribution in [0.25, 0.3) is 22.4 Å². The molecular weight excluding hydrogens is 1050 g/mol. The minimum atomic E-state index is -5.23. The number of alkyl carbamates (subject to hydrolysis) is 1. The number of carbonyl (C=O) groups excluding carboxylic acids is 3. The average Bonchev–Trinajstić information content (AvgIpc) is 4.19. The van der Waals surface area contributed by atoms with Gasteiger partial charge in [0.05, 0.1) is 61.1 Å². The van der Waals surface area contributed by atoms with Gasteiger partial charge in [0.25, 0.3) is 5.91 Å². The number of nitrogens with zero attached hydrogens (tertiary/aromatic N) is 7. The standard InChI is InChI=1S/C51H61F8N11O8/c1-48(2,50(54,55)56)41(64-47(76)77-5)43(72)62-39(16-27-6-8-28(9-7-27)30-19-60-45(61-20-30)67-21-32-12-13-33(22-67)70(32)34-25-78-26-34)40(71)24-68(66-44(73)42(63-46(74)75)49(3,4)51(57,58)59)23-35-36(52)17-29(18-37(35)53)38-14-15-69(65-38)31-10-11-31/h6-9,14-15,17-20,31-34,39-42,63,71H,10-13,16,21-26H2,1-5H3,(H,62,72)(H,64,76)(H,66,73)(H,74,75). The Hall–Kier alpha value is -6.71. The molecule has 1 aliphatic carbocycles. The maximum atomic E-state index is 16.2. The highest BCUT2D eigenvalue weighted by molar-refractivity contribution is 5.87. The van der Waals surface area contributed by atoms with Crippen molar-refractivity contribution in [1.82, 2.24) is 51.0 Å². The van der Waals surface area contributed by atoms with Crippen LogP contribution >= 0.6 is 0 Å². The normalized spacial score (nSPS) is 19.9. The van der Waals surface area contributed by atoms with Gasteiger partial charge in [-0.2, -0.15) is 31.4 Å². The van der Waals surface area contributed by atoms with Gasteiger partial charge < -0.3 is 40.5 Å². The number of anilines is 1. The minimum absolute atomic E-state index is 0.00677. The molecule has 27 heteroatoms. The van der Waals surface area contributed by atoms with Crippen LogP contribution in [-0.2, 0) is 32.0 Å². The third kappa shape index (κ3) is 12.6. The molecule has 1 saturated carbocycles. The molecule has 4 aromatic rings. The van der Waals surface area contributed by atoms with Gasteiger partial charge in [0.1, 0.15) is 23.7 Å². The molecule has 4 fully saturated rings. The Balaban J connectivity index is 1.09. The van der Waals surface area contributed by atoms with E-state index < -0.39 is 108 Å². The number of hydrogen-bond donors (Lipinski definition) is 6. The average molecular weight is 1110 g/mol. The Kier molecular flexibility index (Phi) is 16.6. The van der Waals surface area contributed by atoms with E-state index in [1.54, 1.807) is 47.5 Å². The van der Waals surface area contributed by atoms with E-state index in [4.69, 9.17) is 4.74 Å². The summed E-state index contributed by atoms with van der Waals surface area (Å²) in [5.74, 6) is -5.13. The van der Waals surface area contributed by atoms with Crippen LogP contribution < -0.4 is 26.3 Å². The van der Waals surface area contributed by atoms with Crippen molar-refractivity contribution in [2.75, 3.05) is 44.9 Å². The van der Waals surface area contributed by atoms with Crippen molar-refractivity contribution in [2.24, 2.45) is 10.8 Å². The van der Waals surface area contributed by atoms with Crippen LogP contribution in [0.4, 0.5) is 50.7 Å². The van der Waals surface area contributed by atoms with Gasteiger partial charge in [0.2, 0.25) is 11.9 Å². The third-order valence-corrected chi connectivity index (χ3v) is 15.2. The van der Waals surface area contributed by atoms with Crippen molar-refractivity contribution in [3.05, 3.63) is 83.8 Å². The summed E-state index contributed by atoms with van der Waals surface area (Å²) in [6.07, 6.45) is -7.63. The summed E-state index contributed by atoms with van der Waals surface area (Å²) in [4.78, 5) is 66.3. The number of halogens is 8. The number of amides is 4. The van der Waals surface area contributed by atoms with Crippen molar-refractivity contribution in [1.29, 1.82) is 0 Å². The quantitative estimate of drug-likeness (QED) is 0.0433. The fourth-order valence-corrected chi connectivity index (χ4v) is 9.99. The number of piperazine rings is 1. The van der Waals surface area contributed by atoms with E-state index in [9.17, 15) is 55.7 Å². The molecule has 2 aromatic heterocycles. The monoisotopic (exact) mass is 1110 g/mol. The Labute approximate surface area is 443 Å². The van der Waals surface area contributed by atoms with E-state index in [1.165, 1.54) is 11.4 Å². The van der Waals surface area contributed by atoms with Crippen LogP contribution in [-0.4, -0.2) is 159 Å². The Morgan fingerprint density at radius 2 is 1.33 bits per heavy atom. The third-order valence-electron chi connectivity index (χ3n) is 15.2. The molecule has 4 aliphatic rings. The molecule has 3 saturated heterocycles. The number of aromatic nitrogens is 4. The van der Waals surface area contributed by atoms with Gasteiger partial charge in [-0.3, -0.25) is 24.6 Å². The Morgan fingerprint density at radius 3 is 1.85 bits per heavy atom. The van der Waals surface area contributed by atoms with Crippen LogP contribution in [0.2, 0.25) is 0 Å². The summed E-state index contributed by atoms with van der Waals surface area (Å²) in [6, 6.07) is 4.23. The topological polar surface area (TPSA) is 229 Å². The molecule has 3 aliphatic heterocycles. The van der Waals surface area contributed by atoms with Crippen molar-refractivity contribution in [2.45, 2.75) is 127 Å². The van der Waals surface area contributed by atoms with E-state index in [2.05, 4.69) is 34.9 Å². The molecule has 0 radical (unpaired) electrons. The molecule has 6 unspecified atom stereocenters. The van der Waals surface area contributed by atoms with Crippen LogP contribution in [0.3, 0.4) is 0 Å². The van der Waals surface area contributed by atoms with E-state index in [1.807, 2.05) is 10.7 Å². The summed E-state index contributed by atoms with van der Waals surface area (Å²) in [5, 5.41) is 32.3. The number of rotatable bonds is 20. The van der Waals surface area contributed by atoms with E-state index in [0.717, 1.165) is 71.2 Å². The van der Waals surface area contributed by atoms with Gasteiger partial charge in [-0.25, -0.2) is 33.3 Å². The molecule has 8 rings (SSSR count). The van der Waals surface area contributed by atoms with Crippen molar-refractivity contribution >= 4 is 29.9 Å². The number of aliphatic hydroxyl groups excluding tert-OH is 1. The first-order chi connectivity index (χ1) is 36.6. The molecule has 6 atom stereocenters. The predicted octanol–water partition coefficient (Wildman–Crippen LogP) is 6.13. The number of carboxylic acid groups (broad SMARTS) is 1.